The van der Waals surface area contributed by atoms with E-state index in [1.54, 1.807) is 24.3 Å². The van der Waals surface area contributed by atoms with Crippen LogP contribution in [0, 0.1) is 20.8 Å². The topological polar surface area (TPSA) is 77.5 Å². The predicted molar refractivity (Wildman–Crippen MR) is 112 cm³/mol. The van der Waals surface area contributed by atoms with Crippen LogP contribution in [0.5, 0.6) is 5.75 Å². The average Bonchev–Trinajstić information content (AvgIpc) is 3.09. The highest BCUT2D eigenvalue weighted by atomic mass is 32.1. The predicted octanol–water partition coefficient (Wildman–Crippen LogP) is 4.44. The number of nitrogens with zero attached hydrogens (tertiary/aromatic N) is 1. The Balaban J connectivity index is 1.58. The fourth-order valence-corrected chi connectivity index (χ4v) is 3.44. The van der Waals surface area contributed by atoms with Crippen LogP contribution in [-0.4, -0.2) is 23.5 Å². The maximum atomic E-state index is 12.5. The smallest absolute Gasteiger partial charge is 0.342 e. The third-order valence-electron chi connectivity index (χ3n) is 3.99. The molecule has 0 saturated heterocycles. The summed E-state index contributed by atoms with van der Waals surface area (Å²) in [4.78, 5) is 28.9. The molecule has 0 saturated carbocycles. The summed E-state index contributed by atoms with van der Waals surface area (Å²) in [5.74, 6) is -0.636. The quantitative estimate of drug-likeness (QED) is 0.583. The lowest BCUT2D eigenvalue weighted by Gasteiger charge is -2.11. The summed E-state index contributed by atoms with van der Waals surface area (Å²) in [6, 6.07) is 12.5. The van der Waals surface area contributed by atoms with Gasteiger partial charge >= 0.3 is 5.97 Å². The van der Waals surface area contributed by atoms with Gasteiger partial charge < -0.3 is 14.8 Å². The van der Waals surface area contributed by atoms with Gasteiger partial charge in [0, 0.05) is 11.1 Å². The molecule has 1 heterocycles. The maximum Gasteiger partial charge on any atom is 0.342 e. The Morgan fingerprint density at radius 3 is 2.48 bits per heavy atom. The minimum absolute atomic E-state index is 0.252. The normalized spacial score (nSPS) is 10.4. The van der Waals surface area contributed by atoms with Crippen molar-refractivity contribution in [1.82, 2.24) is 4.98 Å². The van der Waals surface area contributed by atoms with Crippen molar-refractivity contribution >= 4 is 28.9 Å². The fraction of sp³-hybridized carbons (Fsp3) is 0.227. The molecule has 29 heavy (non-hydrogen) atoms. The fourth-order valence-electron chi connectivity index (χ4n) is 2.84. The molecule has 0 unspecified atom stereocenters. The van der Waals surface area contributed by atoms with Gasteiger partial charge in [-0.1, -0.05) is 18.2 Å². The molecule has 0 fully saturated rings. The molecular formula is C22H22N2O4S. The number of aromatic nitrogens is 1. The van der Waals surface area contributed by atoms with E-state index in [0.717, 1.165) is 21.8 Å². The summed E-state index contributed by atoms with van der Waals surface area (Å²) in [6.07, 6.45) is 0. The molecule has 2 aromatic carbocycles. The molecule has 3 aromatic rings. The van der Waals surface area contributed by atoms with E-state index in [4.69, 9.17) is 9.47 Å². The van der Waals surface area contributed by atoms with Gasteiger partial charge in [0.1, 0.15) is 17.9 Å². The van der Waals surface area contributed by atoms with E-state index in [1.807, 2.05) is 44.4 Å². The summed E-state index contributed by atoms with van der Waals surface area (Å²) in [5.41, 5.74) is 3.81. The SMILES string of the molecule is Cc1cc(C)cc(NC(=O)COC(=O)c2ccccc2OCc2csc(C)n2)c1. The van der Waals surface area contributed by atoms with E-state index in [-0.39, 0.29) is 18.8 Å². The summed E-state index contributed by atoms with van der Waals surface area (Å²) in [5, 5.41) is 5.60. The van der Waals surface area contributed by atoms with Gasteiger partial charge in [-0.3, -0.25) is 4.79 Å². The Bertz CT molecular complexity index is 1010. The van der Waals surface area contributed by atoms with Crippen molar-refractivity contribution < 1.29 is 19.1 Å². The molecule has 1 aromatic heterocycles. The number of benzene rings is 2. The average molecular weight is 410 g/mol. The van der Waals surface area contributed by atoms with E-state index < -0.39 is 11.9 Å². The van der Waals surface area contributed by atoms with E-state index in [9.17, 15) is 9.59 Å². The number of carbonyl (C=O) groups is 2. The highest BCUT2D eigenvalue weighted by molar-refractivity contribution is 7.09. The molecule has 0 aliphatic rings. The molecule has 7 heteroatoms. The van der Waals surface area contributed by atoms with Crippen LogP contribution in [0.1, 0.15) is 32.2 Å². The highest BCUT2D eigenvalue weighted by Gasteiger charge is 2.16. The van der Waals surface area contributed by atoms with Gasteiger partial charge in [0.15, 0.2) is 6.61 Å². The monoisotopic (exact) mass is 410 g/mol. The Kier molecular flexibility index (Phi) is 6.61. The second-order valence-electron chi connectivity index (χ2n) is 6.64. The van der Waals surface area contributed by atoms with Crippen LogP contribution in [0.15, 0.2) is 47.8 Å². The van der Waals surface area contributed by atoms with Crippen LogP contribution in [0.2, 0.25) is 0 Å². The number of nitrogens with one attached hydrogen (secondary N) is 1. The van der Waals surface area contributed by atoms with Crippen LogP contribution in [0.3, 0.4) is 0 Å². The van der Waals surface area contributed by atoms with Crippen molar-refractivity contribution in [2.75, 3.05) is 11.9 Å². The zero-order valence-corrected chi connectivity index (χ0v) is 17.3. The standard InChI is InChI=1S/C22H22N2O4S/c1-14-8-15(2)10-17(9-14)24-21(25)12-28-22(26)19-6-4-5-7-20(19)27-11-18-13-29-16(3)23-18/h4-10,13H,11-12H2,1-3H3,(H,24,25). The van der Waals surface area contributed by atoms with Crippen molar-refractivity contribution in [2.45, 2.75) is 27.4 Å². The first-order valence-corrected chi connectivity index (χ1v) is 9.97. The van der Waals surface area contributed by atoms with E-state index in [2.05, 4.69) is 10.3 Å². The third kappa shape index (κ3) is 5.89. The maximum absolute atomic E-state index is 12.5. The minimum Gasteiger partial charge on any atom is -0.486 e. The lowest BCUT2D eigenvalue weighted by atomic mass is 10.1. The Labute approximate surface area is 173 Å². The van der Waals surface area contributed by atoms with Gasteiger partial charge in [-0.2, -0.15) is 0 Å². The number of hydrogen-bond acceptors (Lipinski definition) is 6. The van der Waals surface area contributed by atoms with Crippen molar-refractivity contribution in [3.8, 4) is 5.75 Å². The number of thiazole rings is 1. The first-order valence-electron chi connectivity index (χ1n) is 9.09. The number of anilines is 1. The van der Waals surface area contributed by atoms with Crippen molar-refractivity contribution in [1.29, 1.82) is 0 Å². The largest absolute Gasteiger partial charge is 0.486 e. The summed E-state index contributed by atoms with van der Waals surface area (Å²) >= 11 is 1.54. The van der Waals surface area contributed by atoms with E-state index >= 15 is 0 Å². The van der Waals surface area contributed by atoms with Crippen molar-refractivity contribution in [3.63, 3.8) is 0 Å². The second-order valence-corrected chi connectivity index (χ2v) is 7.71. The van der Waals surface area contributed by atoms with Gasteiger partial charge in [0.05, 0.1) is 10.7 Å². The van der Waals surface area contributed by atoms with Crippen LogP contribution in [0.25, 0.3) is 0 Å². The molecule has 0 radical (unpaired) electrons. The number of hydrogen-bond donors (Lipinski definition) is 1. The molecule has 0 aliphatic carbocycles. The number of aryl methyl sites for hydroxylation is 3. The molecule has 0 spiro atoms. The van der Waals surface area contributed by atoms with Crippen LogP contribution in [-0.2, 0) is 16.1 Å². The Hall–Kier alpha value is -3.19. The van der Waals surface area contributed by atoms with E-state index in [1.165, 1.54) is 11.3 Å². The van der Waals surface area contributed by atoms with E-state index in [0.29, 0.717) is 11.4 Å². The Morgan fingerprint density at radius 2 is 1.79 bits per heavy atom. The van der Waals surface area contributed by atoms with Crippen LogP contribution in [0.4, 0.5) is 5.69 Å². The minimum atomic E-state index is -0.620. The number of carbonyl (C=O) groups excluding carboxylic acids is 2. The molecule has 150 valence electrons. The van der Waals surface area contributed by atoms with Gasteiger partial charge in [0.2, 0.25) is 0 Å². The van der Waals surface area contributed by atoms with Gasteiger partial charge in [-0.25, -0.2) is 9.78 Å². The first kappa shape index (κ1) is 20.5. The summed E-state index contributed by atoms with van der Waals surface area (Å²) in [7, 11) is 0. The Morgan fingerprint density at radius 1 is 1.07 bits per heavy atom. The number of para-hydroxylation sites is 1. The second kappa shape index (κ2) is 9.34. The van der Waals surface area contributed by atoms with Gasteiger partial charge in [-0.05, 0) is 56.2 Å². The molecule has 0 atom stereocenters. The molecule has 0 aliphatic heterocycles. The van der Waals surface area contributed by atoms with Crippen LogP contribution < -0.4 is 10.1 Å². The zero-order chi connectivity index (χ0) is 20.8. The molecular weight excluding hydrogens is 388 g/mol. The zero-order valence-electron chi connectivity index (χ0n) is 16.5. The van der Waals surface area contributed by atoms with Gasteiger partial charge in [0.25, 0.3) is 5.91 Å². The molecule has 3 rings (SSSR count). The molecule has 0 bridgehead atoms. The highest BCUT2D eigenvalue weighted by Crippen LogP contribution is 2.21. The number of amides is 1. The summed E-state index contributed by atoms with van der Waals surface area (Å²) < 4.78 is 10.9. The van der Waals surface area contributed by atoms with Crippen molar-refractivity contribution in [3.05, 3.63) is 75.2 Å². The molecule has 6 nitrogen and oxygen atoms in total. The number of ether oxygens (including phenoxy) is 2. The summed E-state index contributed by atoms with van der Waals surface area (Å²) in [6.45, 7) is 5.69. The number of esters is 1. The van der Waals surface area contributed by atoms with Crippen LogP contribution >= 0.6 is 11.3 Å². The van der Waals surface area contributed by atoms with Crippen molar-refractivity contribution in [2.24, 2.45) is 0 Å². The first-order chi connectivity index (χ1) is 13.9. The molecule has 1 N–H and O–H groups in total. The third-order valence-corrected chi connectivity index (χ3v) is 4.81. The lowest BCUT2D eigenvalue weighted by Crippen LogP contribution is -2.21. The van der Waals surface area contributed by atoms with Gasteiger partial charge in [-0.15, -0.1) is 11.3 Å². The molecule has 1 amide bonds. The lowest BCUT2D eigenvalue weighted by molar-refractivity contribution is -0.119. The number of rotatable bonds is 7.